The molecular formula is C11H18N2S. The Kier molecular flexibility index (Phi) is 5.64. The molecule has 0 aromatic carbocycles. The molecule has 0 aliphatic carbocycles. The average Bonchev–Trinajstić information content (AvgIpc) is 2.25. The predicted molar refractivity (Wildman–Crippen MR) is 62.4 cm³/mol. The molecule has 1 aromatic rings. The summed E-state index contributed by atoms with van der Waals surface area (Å²) in [5.41, 5.74) is 6.72. The molecule has 14 heavy (non-hydrogen) atoms. The maximum atomic E-state index is 5.56. The van der Waals surface area contributed by atoms with Crippen molar-refractivity contribution in [2.24, 2.45) is 5.73 Å². The van der Waals surface area contributed by atoms with Crippen LogP contribution >= 0.6 is 11.8 Å². The first-order valence-corrected chi connectivity index (χ1v) is 6.13. The van der Waals surface area contributed by atoms with Crippen LogP contribution in [0.5, 0.6) is 0 Å². The third-order valence-corrected chi connectivity index (χ3v) is 3.04. The summed E-state index contributed by atoms with van der Waals surface area (Å²) < 4.78 is 0. The lowest BCUT2D eigenvalue weighted by Gasteiger charge is -2.01. The molecule has 0 aliphatic heterocycles. The van der Waals surface area contributed by atoms with Crippen molar-refractivity contribution in [1.82, 2.24) is 4.98 Å². The van der Waals surface area contributed by atoms with Crippen molar-refractivity contribution < 1.29 is 0 Å². The molecule has 0 saturated carbocycles. The van der Waals surface area contributed by atoms with E-state index >= 15 is 0 Å². The zero-order valence-corrected chi connectivity index (χ0v) is 9.52. The van der Waals surface area contributed by atoms with E-state index in [1.807, 2.05) is 24.0 Å². The van der Waals surface area contributed by atoms with Crippen molar-refractivity contribution in [3.63, 3.8) is 0 Å². The SMILES string of the molecule is CCCCCSc1cc(CN)ccn1. The molecule has 0 saturated heterocycles. The van der Waals surface area contributed by atoms with E-state index in [-0.39, 0.29) is 0 Å². The molecule has 2 N–H and O–H groups in total. The molecule has 0 atom stereocenters. The largest absolute Gasteiger partial charge is 0.326 e. The zero-order chi connectivity index (χ0) is 10.2. The van der Waals surface area contributed by atoms with Gasteiger partial charge < -0.3 is 5.73 Å². The Morgan fingerprint density at radius 3 is 3.00 bits per heavy atom. The Morgan fingerprint density at radius 1 is 1.43 bits per heavy atom. The normalized spacial score (nSPS) is 10.4. The van der Waals surface area contributed by atoms with E-state index < -0.39 is 0 Å². The maximum absolute atomic E-state index is 5.56. The van der Waals surface area contributed by atoms with Gasteiger partial charge in [0, 0.05) is 12.7 Å². The summed E-state index contributed by atoms with van der Waals surface area (Å²) in [5.74, 6) is 1.16. The van der Waals surface area contributed by atoms with E-state index in [0.717, 1.165) is 16.3 Å². The Labute approximate surface area is 90.3 Å². The fourth-order valence-corrected chi connectivity index (χ4v) is 2.11. The molecule has 1 rings (SSSR count). The van der Waals surface area contributed by atoms with Gasteiger partial charge in [0.15, 0.2) is 0 Å². The first-order chi connectivity index (χ1) is 6.86. The van der Waals surface area contributed by atoms with Gasteiger partial charge in [0.25, 0.3) is 0 Å². The highest BCUT2D eigenvalue weighted by molar-refractivity contribution is 7.99. The van der Waals surface area contributed by atoms with E-state index in [2.05, 4.69) is 18.0 Å². The zero-order valence-electron chi connectivity index (χ0n) is 8.70. The fourth-order valence-electron chi connectivity index (χ4n) is 1.19. The number of hydrogen-bond donors (Lipinski definition) is 1. The van der Waals surface area contributed by atoms with E-state index in [4.69, 9.17) is 5.73 Å². The third-order valence-electron chi connectivity index (χ3n) is 2.03. The first kappa shape index (κ1) is 11.5. The van der Waals surface area contributed by atoms with Crippen LogP contribution in [0, 0.1) is 0 Å². The molecule has 0 aliphatic rings. The van der Waals surface area contributed by atoms with Gasteiger partial charge in [-0.1, -0.05) is 19.8 Å². The molecule has 0 fully saturated rings. The molecule has 0 amide bonds. The Bertz CT molecular complexity index is 263. The predicted octanol–water partition coefficient (Wildman–Crippen LogP) is 2.82. The van der Waals surface area contributed by atoms with Crippen molar-refractivity contribution in [3.05, 3.63) is 23.9 Å². The minimum Gasteiger partial charge on any atom is -0.326 e. The summed E-state index contributed by atoms with van der Waals surface area (Å²) in [6.07, 6.45) is 5.69. The number of pyridine rings is 1. The number of thioether (sulfide) groups is 1. The molecule has 3 heteroatoms. The van der Waals surface area contributed by atoms with Gasteiger partial charge in [0.05, 0.1) is 5.03 Å². The van der Waals surface area contributed by atoms with Crippen LogP contribution in [0.25, 0.3) is 0 Å². The Hall–Kier alpha value is -0.540. The van der Waals surface area contributed by atoms with Crippen LogP contribution < -0.4 is 5.73 Å². The second-order valence-corrected chi connectivity index (χ2v) is 4.38. The quantitative estimate of drug-likeness (QED) is 0.579. The van der Waals surface area contributed by atoms with Crippen LogP contribution in [0.2, 0.25) is 0 Å². The lowest BCUT2D eigenvalue weighted by molar-refractivity contribution is 0.778. The summed E-state index contributed by atoms with van der Waals surface area (Å²) in [7, 11) is 0. The fraction of sp³-hybridized carbons (Fsp3) is 0.545. The topological polar surface area (TPSA) is 38.9 Å². The summed E-state index contributed by atoms with van der Waals surface area (Å²) in [4.78, 5) is 4.29. The lowest BCUT2D eigenvalue weighted by Crippen LogP contribution is -1.96. The highest BCUT2D eigenvalue weighted by Gasteiger charge is 1.96. The van der Waals surface area contributed by atoms with E-state index in [0.29, 0.717) is 6.54 Å². The van der Waals surface area contributed by atoms with Gasteiger partial charge in [0.1, 0.15) is 0 Å². The monoisotopic (exact) mass is 210 g/mol. The van der Waals surface area contributed by atoms with Gasteiger partial charge in [-0.05, 0) is 29.9 Å². The second-order valence-electron chi connectivity index (χ2n) is 3.26. The number of nitrogens with two attached hydrogens (primary N) is 1. The summed E-state index contributed by atoms with van der Waals surface area (Å²) in [5, 5.41) is 1.10. The molecule has 1 aromatic heterocycles. The summed E-state index contributed by atoms with van der Waals surface area (Å²) in [6, 6.07) is 4.05. The van der Waals surface area contributed by atoms with Crippen LogP contribution in [0.1, 0.15) is 31.7 Å². The molecule has 1 heterocycles. The number of rotatable bonds is 6. The average molecular weight is 210 g/mol. The minimum absolute atomic E-state index is 0.602. The summed E-state index contributed by atoms with van der Waals surface area (Å²) >= 11 is 1.82. The second kappa shape index (κ2) is 6.85. The van der Waals surface area contributed by atoms with Crippen LogP contribution in [0.15, 0.2) is 23.4 Å². The molecule has 0 spiro atoms. The standard InChI is InChI=1S/C11H18N2S/c1-2-3-4-7-14-11-8-10(9-12)5-6-13-11/h5-6,8H,2-4,7,9,12H2,1H3. The molecule has 0 radical (unpaired) electrons. The van der Waals surface area contributed by atoms with Crippen LogP contribution in [0.4, 0.5) is 0 Å². The van der Waals surface area contributed by atoms with E-state index in [1.54, 1.807) is 0 Å². The third kappa shape index (κ3) is 4.11. The van der Waals surface area contributed by atoms with Crippen LogP contribution in [-0.2, 0) is 6.54 Å². The molecule has 78 valence electrons. The van der Waals surface area contributed by atoms with E-state index in [9.17, 15) is 0 Å². The van der Waals surface area contributed by atoms with Gasteiger partial charge in [0.2, 0.25) is 0 Å². The molecule has 2 nitrogen and oxygen atoms in total. The van der Waals surface area contributed by atoms with Crippen molar-refractivity contribution >= 4 is 11.8 Å². The van der Waals surface area contributed by atoms with Crippen LogP contribution in [-0.4, -0.2) is 10.7 Å². The van der Waals surface area contributed by atoms with E-state index in [1.165, 1.54) is 19.3 Å². The van der Waals surface area contributed by atoms with Gasteiger partial charge in [-0.2, -0.15) is 0 Å². The highest BCUT2D eigenvalue weighted by atomic mass is 32.2. The Morgan fingerprint density at radius 2 is 2.29 bits per heavy atom. The van der Waals surface area contributed by atoms with Gasteiger partial charge >= 0.3 is 0 Å². The van der Waals surface area contributed by atoms with Crippen molar-refractivity contribution in [1.29, 1.82) is 0 Å². The van der Waals surface area contributed by atoms with Gasteiger partial charge in [-0.25, -0.2) is 4.98 Å². The Balaban J connectivity index is 2.34. The van der Waals surface area contributed by atoms with Crippen LogP contribution in [0.3, 0.4) is 0 Å². The van der Waals surface area contributed by atoms with Crippen molar-refractivity contribution in [2.45, 2.75) is 37.8 Å². The summed E-state index contributed by atoms with van der Waals surface area (Å²) in [6.45, 7) is 2.82. The lowest BCUT2D eigenvalue weighted by atomic mass is 10.3. The molecule has 0 bridgehead atoms. The van der Waals surface area contributed by atoms with Crippen molar-refractivity contribution in [2.75, 3.05) is 5.75 Å². The smallest absolute Gasteiger partial charge is 0.0963 e. The molecular weight excluding hydrogens is 192 g/mol. The number of aromatic nitrogens is 1. The van der Waals surface area contributed by atoms with Gasteiger partial charge in [-0.3, -0.25) is 0 Å². The van der Waals surface area contributed by atoms with Crippen molar-refractivity contribution in [3.8, 4) is 0 Å². The first-order valence-electron chi connectivity index (χ1n) is 5.14. The maximum Gasteiger partial charge on any atom is 0.0963 e. The molecule has 0 unspecified atom stereocenters. The number of nitrogens with zero attached hydrogens (tertiary/aromatic N) is 1. The highest BCUT2D eigenvalue weighted by Crippen LogP contribution is 2.17. The van der Waals surface area contributed by atoms with Gasteiger partial charge in [-0.15, -0.1) is 11.8 Å². The number of hydrogen-bond acceptors (Lipinski definition) is 3. The minimum atomic E-state index is 0.602. The number of unbranched alkanes of at least 4 members (excludes halogenated alkanes) is 2.